The van der Waals surface area contributed by atoms with Gasteiger partial charge in [-0.2, -0.15) is 0 Å². The second-order valence-corrected chi connectivity index (χ2v) is 9.34. The van der Waals surface area contributed by atoms with Crippen LogP contribution in [0.3, 0.4) is 0 Å². The van der Waals surface area contributed by atoms with Crippen LogP contribution in [0.5, 0.6) is 0 Å². The smallest absolute Gasteiger partial charge is 0.256 e. The van der Waals surface area contributed by atoms with E-state index in [1.54, 1.807) is 12.1 Å². The Kier molecular flexibility index (Phi) is 6.64. The highest BCUT2D eigenvalue weighted by atomic mass is 19.1. The van der Waals surface area contributed by atoms with Crippen LogP contribution in [0.15, 0.2) is 30.5 Å². The standard InChI is InChI=1S/C28H29F2N5O2/c1-4-34(5-2)10-11-35-9-8-22-26(28(35)37)16(3)23(32-22)14-20-19-13-24(31-15-25(19)33-27(20)36)18-7-6-17(29)12-21(18)30/h6-7,12-15,32H,4-5,8-11H2,1-3H3,(H,33,36). The lowest BCUT2D eigenvalue weighted by Gasteiger charge is -2.29. The van der Waals surface area contributed by atoms with Gasteiger partial charge >= 0.3 is 0 Å². The van der Waals surface area contributed by atoms with Gasteiger partial charge in [0.15, 0.2) is 0 Å². The van der Waals surface area contributed by atoms with Crippen LogP contribution in [-0.2, 0) is 11.2 Å². The number of likely N-dealkylation sites (N-methyl/N-ethyl adjacent to an activating group) is 1. The molecular formula is C28H29F2N5O2. The van der Waals surface area contributed by atoms with Gasteiger partial charge in [-0.3, -0.25) is 14.6 Å². The number of aromatic nitrogens is 2. The molecule has 37 heavy (non-hydrogen) atoms. The summed E-state index contributed by atoms with van der Waals surface area (Å²) in [4.78, 5) is 37.9. The molecule has 0 aliphatic carbocycles. The number of H-pyrrole nitrogens is 1. The number of benzene rings is 1. The Balaban J connectivity index is 1.46. The number of amides is 2. The Morgan fingerprint density at radius 3 is 2.65 bits per heavy atom. The van der Waals surface area contributed by atoms with Crippen molar-refractivity contribution < 1.29 is 18.4 Å². The number of fused-ring (bicyclic) bond motifs is 2. The molecule has 0 spiro atoms. The second-order valence-electron chi connectivity index (χ2n) is 9.34. The third kappa shape index (κ3) is 4.55. The number of nitrogens with one attached hydrogen (secondary N) is 2. The summed E-state index contributed by atoms with van der Waals surface area (Å²) >= 11 is 0. The highest BCUT2D eigenvalue weighted by Crippen LogP contribution is 2.37. The molecule has 0 saturated heterocycles. The van der Waals surface area contributed by atoms with Crippen molar-refractivity contribution in [2.75, 3.05) is 38.0 Å². The van der Waals surface area contributed by atoms with Crippen molar-refractivity contribution in [3.63, 3.8) is 0 Å². The third-order valence-electron chi connectivity index (χ3n) is 7.26. The highest BCUT2D eigenvalue weighted by Gasteiger charge is 2.31. The van der Waals surface area contributed by atoms with E-state index in [-0.39, 0.29) is 17.4 Å². The summed E-state index contributed by atoms with van der Waals surface area (Å²) in [6.45, 7) is 10.1. The van der Waals surface area contributed by atoms with E-state index in [0.717, 1.165) is 37.0 Å². The number of carbonyl (C=O) groups is 2. The molecule has 0 bridgehead atoms. The molecule has 4 heterocycles. The molecule has 0 saturated carbocycles. The first kappa shape index (κ1) is 24.8. The minimum absolute atomic E-state index is 0.00125. The number of carbonyl (C=O) groups excluding carboxylic acids is 2. The van der Waals surface area contributed by atoms with Crippen LogP contribution in [0.1, 0.15) is 46.7 Å². The fourth-order valence-electron chi connectivity index (χ4n) is 5.04. The highest BCUT2D eigenvalue weighted by molar-refractivity contribution is 6.35. The number of anilines is 1. The summed E-state index contributed by atoms with van der Waals surface area (Å²) < 4.78 is 27.8. The van der Waals surface area contributed by atoms with Gasteiger partial charge in [0.2, 0.25) is 0 Å². The van der Waals surface area contributed by atoms with Crippen molar-refractivity contribution in [2.45, 2.75) is 27.2 Å². The lowest BCUT2D eigenvalue weighted by molar-refractivity contribution is -0.110. The Hall–Kier alpha value is -3.85. The summed E-state index contributed by atoms with van der Waals surface area (Å²) in [5.41, 5.74) is 4.91. The van der Waals surface area contributed by atoms with Gasteiger partial charge in [-0.15, -0.1) is 0 Å². The van der Waals surface area contributed by atoms with Crippen molar-refractivity contribution in [1.29, 1.82) is 0 Å². The molecule has 0 fully saturated rings. The number of halogens is 2. The van der Waals surface area contributed by atoms with Crippen LogP contribution in [-0.4, -0.2) is 64.3 Å². The summed E-state index contributed by atoms with van der Waals surface area (Å²) in [7, 11) is 0. The SMILES string of the molecule is CCN(CC)CCN1CCc2[nH]c(C=C3C(=O)Nc4cnc(-c5ccc(F)cc5F)cc43)c(C)c2C1=O. The van der Waals surface area contributed by atoms with E-state index in [0.29, 0.717) is 53.3 Å². The van der Waals surface area contributed by atoms with Gasteiger partial charge in [0.05, 0.1) is 28.7 Å². The van der Waals surface area contributed by atoms with Gasteiger partial charge in [-0.25, -0.2) is 8.78 Å². The molecular weight excluding hydrogens is 476 g/mol. The van der Waals surface area contributed by atoms with Crippen molar-refractivity contribution in [3.8, 4) is 11.3 Å². The van der Waals surface area contributed by atoms with Gasteiger partial charge in [-0.1, -0.05) is 13.8 Å². The number of hydrogen-bond donors (Lipinski definition) is 2. The minimum atomic E-state index is -0.729. The zero-order chi connectivity index (χ0) is 26.3. The van der Waals surface area contributed by atoms with Crippen LogP contribution in [0.25, 0.3) is 22.9 Å². The van der Waals surface area contributed by atoms with Gasteiger partial charge in [0.1, 0.15) is 11.6 Å². The molecule has 2 aliphatic rings. The first-order chi connectivity index (χ1) is 17.8. The Morgan fingerprint density at radius 2 is 1.92 bits per heavy atom. The normalized spacial score (nSPS) is 15.9. The van der Waals surface area contributed by atoms with E-state index in [2.05, 4.69) is 34.0 Å². The molecule has 0 radical (unpaired) electrons. The maximum Gasteiger partial charge on any atom is 0.256 e. The van der Waals surface area contributed by atoms with Gasteiger partial charge < -0.3 is 20.1 Å². The third-order valence-corrected chi connectivity index (χ3v) is 7.26. The number of nitrogens with zero attached hydrogens (tertiary/aromatic N) is 3. The van der Waals surface area contributed by atoms with Crippen LogP contribution < -0.4 is 5.32 Å². The van der Waals surface area contributed by atoms with Crippen molar-refractivity contribution >= 4 is 29.2 Å². The van der Waals surface area contributed by atoms with Crippen LogP contribution in [0.4, 0.5) is 14.5 Å². The van der Waals surface area contributed by atoms with Gasteiger partial charge in [0.25, 0.3) is 11.8 Å². The topological polar surface area (TPSA) is 81.3 Å². The molecule has 2 aromatic heterocycles. The first-order valence-corrected chi connectivity index (χ1v) is 12.5. The minimum Gasteiger partial charge on any atom is -0.358 e. The predicted octanol–water partition coefficient (Wildman–Crippen LogP) is 4.50. The molecule has 7 nitrogen and oxygen atoms in total. The van der Waals surface area contributed by atoms with E-state index in [4.69, 9.17) is 0 Å². The molecule has 0 unspecified atom stereocenters. The van der Waals surface area contributed by atoms with Gasteiger partial charge in [0, 0.05) is 54.6 Å². The molecule has 2 amide bonds. The quantitative estimate of drug-likeness (QED) is 0.464. The maximum absolute atomic E-state index is 14.4. The average molecular weight is 506 g/mol. The first-order valence-electron chi connectivity index (χ1n) is 12.5. The number of aromatic amines is 1. The summed E-state index contributed by atoms with van der Waals surface area (Å²) in [6.07, 6.45) is 3.91. The molecule has 0 atom stereocenters. The predicted molar refractivity (Wildman–Crippen MR) is 139 cm³/mol. The summed E-state index contributed by atoms with van der Waals surface area (Å²) in [5.74, 6) is -1.71. The molecule has 192 valence electrons. The molecule has 2 N–H and O–H groups in total. The molecule has 9 heteroatoms. The zero-order valence-corrected chi connectivity index (χ0v) is 21.1. The fourth-order valence-corrected chi connectivity index (χ4v) is 5.04. The van der Waals surface area contributed by atoms with E-state index in [1.807, 2.05) is 11.8 Å². The van der Waals surface area contributed by atoms with E-state index < -0.39 is 11.6 Å². The van der Waals surface area contributed by atoms with E-state index >= 15 is 0 Å². The number of pyridine rings is 1. The zero-order valence-electron chi connectivity index (χ0n) is 21.1. The molecule has 5 rings (SSSR count). The summed E-state index contributed by atoms with van der Waals surface area (Å²) in [5, 5.41) is 2.79. The number of hydrogen-bond acceptors (Lipinski definition) is 4. The summed E-state index contributed by atoms with van der Waals surface area (Å²) in [6, 6.07) is 4.92. The lowest BCUT2D eigenvalue weighted by atomic mass is 10.0. The average Bonchev–Trinajstić information content (AvgIpc) is 3.37. The maximum atomic E-state index is 14.4. The monoisotopic (exact) mass is 505 g/mol. The van der Waals surface area contributed by atoms with Crippen molar-refractivity contribution in [2.24, 2.45) is 0 Å². The molecule has 3 aromatic rings. The van der Waals surface area contributed by atoms with Crippen molar-refractivity contribution in [1.82, 2.24) is 19.8 Å². The van der Waals surface area contributed by atoms with Crippen molar-refractivity contribution in [3.05, 3.63) is 70.2 Å². The largest absolute Gasteiger partial charge is 0.358 e. The Labute approximate surface area is 214 Å². The Bertz CT molecular complexity index is 1420. The van der Waals surface area contributed by atoms with Crippen LogP contribution in [0, 0.1) is 18.6 Å². The molecule has 1 aromatic carbocycles. The van der Waals surface area contributed by atoms with Crippen LogP contribution >= 0.6 is 0 Å². The van der Waals surface area contributed by atoms with E-state index in [9.17, 15) is 18.4 Å². The van der Waals surface area contributed by atoms with Crippen LogP contribution in [0.2, 0.25) is 0 Å². The Morgan fingerprint density at radius 1 is 1.14 bits per heavy atom. The lowest BCUT2D eigenvalue weighted by Crippen LogP contribution is -2.42. The number of rotatable bonds is 7. The van der Waals surface area contributed by atoms with Gasteiger partial charge in [-0.05, 0) is 49.9 Å². The fraction of sp³-hybridized carbons (Fsp3) is 0.321. The second kappa shape index (κ2) is 9.89. The van der Waals surface area contributed by atoms with E-state index in [1.165, 1.54) is 18.3 Å². The molecule has 2 aliphatic heterocycles.